The minimum absolute atomic E-state index is 0. The summed E-state index contributed by atoms with van der Waals surface area (Å²) in [7, 11) is 0. The summed E-state index contributed by atoms with van der Waals surface area (Å²) in [6.07, 6.45) is 8.60. The van der Waals surface area contributed by atoms with E-state index < -0.39 is 0 Å². The first-order valence-corrected chi connectivity index (χ1v) is 3.87. The molecule has 1 aliphatic rings. The summed E-state index contributed by atoms with van der Waals surface area (Å²) in [5.41, 5.74) is 1.37. The van der Waals surface area contributed by atoms with E-state index in [9.17, 15) is 0 Å². The molecule has 0 aromatic heterocycles. The quantitative estimate of drug-likeness (QED) is 0.602. The standard InChI is InChI=1S/C11H10.H2O/c1-2-6-10(7-3-1)11-8-4-5-9-11;/h1-9,11H;1H2. The molecule has 0 saturated carbocycles. The van der Waals surface area contributed by atoms with E-state index in [2.05, 4.69) is 48.6 Å². The molecule has 1 aromatic rings. The maximum atomic E-state index is 2.20. The topological polar surface area (TPSA) is 31.5 Å². The van der Waals surface area contributed by atoms with Gasteiger partial charge in [0, 0.05) is 5.92 Å². The average Bonchev–Trinajstić information content (AvgIpc) is 2.58. The molecule has 0 saturated heterocycles. The van der Waals surface area contributed by atoms with E-state index in [0.29, 0.717) is 5.92 Å². The van der Waals surface area contributed by atoms with Gasteiger partial charge in [0.25, 0.3) is 0 Å². The normalized spacial score (nSPS) is 14.7. The van der Waals surface area contributed by atoms with Crippen LogP contribution in [0.1, 0.15) is 11.5 Å². The number of hydrogen-bond donors (Lipinski definition) is 0. The summed E-state index contributed by atoms with van der Waals surface area (Å²) >= 11 is 0. The monoisotopic (exact) mass is 160 g/mol. The van der Waals surface area contributed by atoms with E-state index in [1.54, 1.807) is 0 Å². The van der Waals surface area contributed by atoms with Crippen LogP contribution in [0.25, 0.3) is 0 Å². The lowest BCUT2D eigenvalue weighted by Crippen LogP contribution is -1.86. The highest BCUT2D eigenvalue weighted by Crippen LogP contribution is 2.21. The van der Waals surface area contributed by atoms with Crippen LogP contribution in [0.4, 0.5) is 0 Å². The van der Waals surface area contributed by atoms with Crippen LogP contribution < -0.4 is 0 Å². The third-order valence-electron chi connectivity index (χ3n) is 1.93. The summed E-state index contributed by atoms with van der Waals surface area (Å²) in [4.78, 5) is 0. The Hall–Kier alpha value is -1.34. The van der Waals surface area contributed by atoms with Crippen LogP contribution in [0.5, 0.6) is 0 Å². The molecule has 1 aromatic carbocycles. The van der Waals surface area contributed by atoms with E-state index in [1.165, 1.54) is 5.56 Å². The predicted molar refractivity (Wildman–Crippen MR) is 51.1 cm³/mol. The van der Waals surface area contributed by atoms with Gasteiger partial charge in [0.1, 0.15) is 0 Å². The Morgan fingerprint density at radius 2 is 1.42 bits per heavy atom. The van der Waals surface area contributed by atoms with Crippen LogP contribution in [0.2, 0.25) is 0 Å². The maximum absolute atomic E-state index is 2.20. The van der Waals surface area contributed by atoms with Crippen molar-refractivity contribution in [2.45, 2.75) is 5.92 Å². The summed E-state index contributed by atoms with van der Waals surface area (Å²) in [5.74, 6) is 0.510. The van der Waals surface area contributed by atoms with Gasteiger partial charge in [-0.25, -0.2) is 0 Å². The van der Waals surface area contributed by atoms with Crippen molar-refractivity contribution in [3.05, 3.63) is 60.2 Å². The fraction of sp³-hybridized carbons (Fsp3) is 0.0909. The van der Waals surface area contributed by atoms with Crippen molar-refractivity contribution in [3.63, 3.8) is 0 Å². The molecule has 1 nitrogen and oxygen atoms in total. The molecular weight excluding hydrogens is 148 g/mol. The number of allylic oxidation sites excluding steroid dienone is 4. The first kappa shape index (κ1) is 8.75. The molecule has 0 amide bonds. The molecule has 0 atom stereocenters. The van der Waals surface area contributed by atoms with Crippen LogP contribution in [0, 0.1) is 0 Å². The van der Waals surface area contributed by atoms with Crippen LogP contribution >= 0.6 is 0 Å². The first-order valence-electron chi connectivity index (χ1n) is 3.87. The molecule has 2 N–H and O–H groups in total. The Balaban J connectivity index is 0.000000720. The Labute approximate surface area is 72.4 Å². The highest BCUT2D eigenvalue weighted by atomic mass is 16.0. The van der Waals surface area contributed by atoms with E-state index in [4.69, 9.17) is 0 Å². The van der Waals surface area contributed by atoms with E-state index in [-0.39, 0.29) is 5.48 Å². The highest BCUT2D eigenvalue weighted by Gasteiger charge is 2.04. The molecule has 0 spiro atoms. The van der Waals surface area contributed by atoms with Crippen LogP contribution in [-0.2, 0) is 0 Å². The van der Waals surface area contributed by atoms with Gasteiger partial charge in [-0.3, -0.25) is 0 Å². The Morgan fingerprint density at radius 1 is 0.833 bits per heavy atom. The summed E-state index contributed by atoms with van der Waals surface area (Å²) in [6.45, 7) is 0. The summed E-state index contributed by atoms with van der Waals surface area (Å²) in [5, 5.41) is 0. The molecular formula is C11H12O. The fourth-order valence-corrected chi connectivity index (χ4v) is 1.33. The van der Waals surface area contributed by atoms with Gasteiger partial charge < -0.3 is 5.48 Å². The second kappa shape index (κ2) is 3.88. The van der Waals surface area contributed by atoms with Gasteiger partial charge >= 0.3 is 0 Å². The molecule has 1 aliphatic carbocycles. The first-order chi connectivity index (χ1) is 5.47. The van der Waals surface area contributed by atoms with Crippen LogP contribution in [0.15, 0.2) is 54.6 Å². The van der Waals surface area contributed by atoms with Crippen molar-refractivity contribution >= 4 is 0 Å². The number of rotatable bonds is 1. The zero-order valence-electron chi connectivity index (χ0n) is 6.77. The smallest absolute Gasteiger partial charge is 0.0204 e. The van der Waals surface area contributed by atoms with Gasteiger partial charge in [0.05, 0.1) is 0 Å². The minimum atomic E-state index is 0. The van der Waals surface area contributed by atoms with Crippen molar-refractivity contribution < 1.29 is 5.48 Å². The van der Waals surface area contributed by atoms with Crippen LogP contribution in [-0.4, -0.2) is 5.48 Å². The van der Waals surface area contributed by atoms with Gasteiger partial charge in [0.15, 0.2) is 0 Å². The Kier molecular flexibility index (Phi) is 2.83. The van der Waals surface area contributed by atoms with Gasteiger partial charge in [-0.15, -0.1) is 0 Å². The van der Waals surface area contributed by atoms with Crippen LogP contribution in [0.3, 0.4) is 0 Å². The molecule has 0 radical (unpaired) electrons. The lowest BCUT2D eigenvalue weighted by molar-refractivity contribution is 0.824. The fourth-order valence-electron chi connectivity index (χ4n) is 1.33. The van der Waals surface area contributed by atoms with E-state index in [1.807, 2.05) is 6.07 Å². The van der Waals surface area contributed by atoms with E-state index >= 15 is 0 Å². The number of benzene rings is 1. The molecule has 2 rings (SSSR count). The SMILES string of the molecule is C1=CC(c2ccccc2)C=C1.O. The maximum Gasteiger partial charge on any atom is 0.0204 e. The second-order valence-corrected chi connectivity index (χ2v) is 2.71. The lowest BCUT2D eigenvalue weighted by Gasteiger charge is -2.03. The minimum Gasteiger partial charge on any atom is -0.412 e. The second-order valence-electron chi connectivity index (χ2n) is 2.71. The predicted octanol–water partition coefficient (Wildman–Crippen LogP) is 2.07. The van der Waals surface area contributed by atoms with Gasteiger partial charge in [-0.05, 0) is 5.56 Å². The Morgan fingerprint density at radius 3 is 2.00 bits per heavy atom. The third kappa shape index (κ3) is 1.63. The highest BCUT2D eigenvalue weighted by molar-refractivity contribution is 5.34. The molecule has 0 unspecified atom stereocenters. The van der Waals surface area contributed by atoms with Crippen molar-refractivity contribution in [3.8, 4) is 0 Å². The lowest BCUT2D eigenvalue weighted by atomic mass is 10.0. The molecule has 0 bridgehead atoms. The molecule has 62 valence electrons. The van der Waals surface area contributed by atoms with Gasteiger partial charge in [0.2, 0.25) is 0 Å². The van der Waals surface area contributed by atoms with Crippen molar-refractivity contribution in [2.75, 3.05) is 0 Å². The molecule has 12 heavy (non-hydrogen) atoms. The zero-order chi connectivity index (χ0) is 7.52. The van der Waals surface area contributed by atoms with Gasteiger partial charge in [-0.2, -0.15) is 0 Å². The van der Waals surface area contributed by atoms with Gasteiger partial charge in [-0.1, -0.05) is 54.6 Å². The molecule has 1 heteroatoms. The third-order valence-corrected chi connectivity index (χ3v) is 1.93. The summed E-state index contributed by atoms with van der Waals surface area (Å²) < 4.78 is 0. The molecule has 0 aliphatic heterocycles. The Bertz CT molecular complexity index is 273. The van der Waals surface area contributed by atoms with Crippen molar-refractivity contribution in [2.24, 2.45) is 0 Å². The average molecular weight is 160 g/mol. The molecule has 0 fully saturated rings. The largest absolute Gasteiger partial charge is 0.412 e. The van der Waals surface area contributed by atoms with Crippen molar-refractivity contribution in [1.82, 2.24) is 0 Å². The number of hydrogen-bond acceptors (Lipinski definition) is 0. The zero-order valence-corrected chi connectivity index (χ0v) is 6.77. The van der Waals surface area contributed by atoms with E-state index in [0.717, 1.165) is 0 Å². The van der Waals surface area contributed by atoms with Crippen molar-refractivity contribution in [1.29, 1.82) is 0 Å². The summed E-state index contributed by atoms with van der Waals surface area (Å²) in [6, 6.07) is 10.5. The molecule has 0 heterocycles.